The number of aromatic nitrogens is 2. The van der Waals surface area contributed by atoms with Crippen LogP contribution in [0.5, 0.6) is 5.75 Å². The Hall–Kier alpha value is -2.45. The van der Waals surface area contributed by atoms with Gasteiger partial charge in [-0.25, -0.2) is 0 Å². The summed E-state index contributed by atoms with van der Waals surface area (Å²) in [6.45, 7) is 3.23. The average molecular weight is 374 g/mol. The van der Waals surface area contributed by atoms with Crippen LogP contribution in [0.15, 0.2) is 28.8 Å². The zero-order chi connectivity index (χ0) is 19.1. The van der Waals surface area contributed by atoms with Crippen molar-refractivity contribution in [3.63, 3.8) is 0 Å². The van der Waals surface area contributed by atoms with Crippen LogP contribution in [0.2, 0.25) is 0 Å². The number of hydrogen-bond acceptors (Lipinski definition) is 7. The number of piperidine rings is 1. The second-order valence-corrected chi connectivity index (χ2v) is 6.60. The Bertz CT molecular complexity index is 732. The molecule has 1 amide bonds. The smallest absolute Gasteiger partial charge is 0.241 e. The van der Waals surface area contributed by atoms with Crippen LogP contribution in [0, 0.1) is 5.92 Å². The zero-order valence-electron chi connectivity index (χ0n) is 15.8. The van der Waals surface area contributed by atoms with Crippen molar-refractivity contribution < 1.29 is 18.8 Å². The molecule has 0 bridgehead atoms. The lowest BCUT2D eigenvalue weighted by Gasteiger charge is -2.30. The van der Waals surface area contributed by atoms with Crippen molar-refractivity contribution in [2.45, 2.75) is 19.4 Å². The number of benzene rings is 1. The summed E-state index contributed by atoms with van der Waals surface area (Å²) >= 11 is 0. The molecule has 2 heterocycles. The van der Waals surface area contributed by atoms with E-state index in [1.807, 2.05) is 24.3 Å². The highest BCUT2D eigenvalue weighted by atomic mass is 16.5. The summed E-state index contributed by atoms with van der Waals surface area (Å²) in [5.74, 6) is 1.96. The van der Waals surface area contributed by atoms with Gasteiger partial charge in [-0.3, -0.25) is 9.69 Å². The van der Waals surface area contributed by atoms with Crippen molar-refractivity contribution >= 4 is 5.91 Å². The Morgan fingerprint density at radius 3 is 2.89 bits per heavy atom. The Kier molecular flexibility index (Phi) is 6.78. The second kappa shape index (κ2) is 9.48. The van der Waals surface area contributed by atoms with Gasteiger partial charge in [0.05, 0.1) is 26.2 Å². The Morgan fingerprint density at radius 2 is 2.15 bits per heavy atom. The lowest BCUT2D eigenvalue weighted by atomic mass is 9.97. The van der Waals surface area contributed by atoms with E-state index < -0.39 is 0 Å². The maximum absolute atomic E-state index is 12.3. The van der Waals surface area contributed by atoms with Gasteiger partial charge in [0.1, 0.15) is 5.75 Å². The van der Waals surface area contributed by atoms with Crippen LogP contribution in [0.3, 0.4) is 0 Å². The molecule has 0 saturated carbocycles. The van der Waals surface area contributed by atoms with E-state index in [0.29, 0.717) is 38.0 Å². The van der Waals surface area contributed by atoms with Gasteiger partial charge < -0.3 is 19.3 Å². The minimum absolute atomic E-state index is 0.0143. The molecule has 27 heavy (non-hydrogen) atoms. The van der Waals surface area contributed by atoms with Crippen molar-refractivity contribution in [1.29, 1.82) is 0 Å². The molecule has 0 radical (unpaired) electrons. The molecule has 2 aromatic rings. The molecule has 1 unspecified atom stereocenters. The summed E-state index contributed by atoms with van der Waals surface area (Å²) in [6, 6.07) is 7.52. The Morgan fingerprint density at radius 1 is 1.33 bits per heavy atom. The van der Waals surface area contributed by atoms with Gasteiger partial charge in [-0.05, 0) is 43.7 Å². The van der Waals surface area contributed by atoms with Crippen molar-refractivity contribution in [1.82, 2.24) is 20.4 Å². The number of likely N-dealkylation sites (tertiary alicyclic amines) is 1. The number of ether oxygens (including phenoxy) is 2. The fraction of sp³-hybridized carbons (Fsp3) is 0.526. The first-order valence-electron chi connectivity index (χ1n) is 9.15. The minimum atomic E-state index is -0.0143. The predicted octanol–water partition coefficient (Wildman–Crippen LogP) is 1.72. The number of carbonyl (C=O) groups excluding carboxylic acids is 1. The normalized spacial score (nSPS) is 17.6. The fourth-order valence-electron chi connectivity index (χ4n) is 3.20. The number of amides is 1. The molecule has 1 atom stereocenters. The topological polar surface area (TPSA) is 89.7 Å². The van der Waals surface area contributed by atoms with Crippen molar-refractivity contribution in [2.75, 3.05) is 40.5 Å². The molecule has 1 aliphatic heterocycles. The van der Waals surface area contributed by atoms with E-state index in [4.69, 9.17) is 14.0 Å². The van der Waals surface area contributed by atoms with Crippen molar-refractivity contribution in [3.05, 3.63) is 30.2 Å². The molecule has 0 spiro atoms. The number of rotatable bonds is 8. The van der Waals surface area contributed by atoms with Crippen LogP contribution in [-0.4, -0.2) is 61.4 Å². The standard InChI is InChI=1S/C19H26N4O4/c1-25-11-9-20-19(24)15-4-3-10-23(12-15)13-17-21-18(22-27-17)14-5-7-16(26-2)8-6-14/h5-8,15H,3-4,9-13H2,1-2H3,(H,20,24). The number of carbonyl (C=O) groups is 1. The quantitative estimate of drug-likeness (QED) is 0.704. The first kappa shape index (κ1) is 19.3. The van der Waals surface area contributed by atoms with Crippen LogP contribution >= 0.6 is 0 Å². The minimum Gasteiger partial charge on any atom is -0.497 e. The van der Waals surface area contributed by atoms with E-state index in [0.717, 1.165) is 30.7 Å². The maximum Gasteiger partial charge on any atom is 0.241 e. The monoisotopic (exact) mass is 374 g/mol. The summed E-state index contributed by atoms with van der Waals surface area (Å²) in [5, 5.41) is 6.99. The first-order chi connectivity index (χ1) is 13.2. The summed E-state index contributed by atoms with van der Waals surface area (Å²) in [4.78, 5) is 18.9. The van der Waals surface area contributed by atoms with Gasteiger partial charge in [-0.15, -0.1) is 0 Å². The highest BCUT2D eigenvalue weighted by molar-refractivity contribution is 5.78. The van der Waals surface area contributed by atoms with Gasteiger partial charge in [0.2, 0.25) is 17.6 Å². The molecule has 1 aliphatic rings. The van der Waals surface area contributed by atoms with E-state index in [1.165, 1.54) is 0 Å². The summed E-state index contributed by atoms with van der Waals surface area (Å²) in [6.07, 6.45) is 1.87. The van der Waals surface area contributed by atoms with Gasteiger partial charge in [0.15, 0.2) is 0 Å². The Balaban J connectivity index is 1.55. The van der Waals surface area contributed by atoms with Crippen LogP contribution in [0.1, 0.15) is 18.7 Å². The number of methoxy groups -OCH3 is 2. The third-order valence-electron chi connectivity index (χ3n) is 4.66. The molecule has 1 fully saturated rings. The summed E-state index contributed by atoms with van der Waals surface area (Å²) in [7, 11) is 3.25. The summed E-state index contributed by atoms with van der Waals surface area (Å²) in [5.41, 5.74) is 0.875. The first-order valence-corrected chi connectivity index (χ1v) is 9.15. The van der Waals surface area contributed by atoms with Crippen molar-refractivity contribution in [3.8, 4) is 17.1 Å². The number of hydrogen-bond donors (Lipinski definition) is 1. The van der Waals surface area contributed by atoms with E-state index in [9.17, 15) is 4.79 Å². The van der Waals surface area contributed by atoms with E-state index in [-0.39, 0.29) is 11.8 Å². The number of nitrogens with one attached hydrogen (secondary N) is 1. The molecule has 1 N–H and O–H groups in total. The maximum atomic E-state index is 12.3. The summed E-state index contributed by atoms with van der Waals surface area (Å²) < 4.78 is 15.5. The lowest BCUT2D eigenvalue weighted by molar-refractivity contribution is -0.127. The third kappa shape index (κ3) is 5.27. The van der Waals surface area contributed by atoms with Gasteiger partial charge in [-0.2, -0.15) is 4.98 Å². The molecule has 146 valence electrons. The molecular weight excluding hydrogens is 348 g/mol. The predicted molar refractivity (Wildman–Crippen MR) is 99.2 cm³/mol. The molecular formula is C19H26N4O4. The van der Waals surface area contributed by atoms with Gasteiger partial charge in [0.25, 0.3) is 0 Å². The van der Waals surface area contributed by atoms with Crippen molar-refractivity contribution in [2.24, 2.45) is 5.92 Å². The molecule has 0 aliphatic carbocycles. The molecule has 1 aromatic heterocycles. The van der Waals surface area contributed by atoms with Crippen LogP contribution < -0.4 is 10.1 Å². The lowest BCUT2D eigenvalue weighted by Crippen LogP contribution is -2.43. The van der Waals surface area contributed by atoms with Crippen LogP contribution in [-0.2, 0) is 16.1 Å². The second-order valence-electron chi connectivity index (χ2n) is 6.60. The highest BCUT2D eigenvalue weighted by Gasteiger charge is 2.26. The van der Waals surface area contributed by atoms with Crippen LogP contribution in [0.4, 0.5) is 0 Å². The van der Waals surface area contributed by atoms with E-state index in [1.54, 1.807) is 14.2 Å². The fourth-order valence-corrected chi connectivity index (χ4v) is 3.20. The van der Waals surface area contributed by atoms with Gasteiger partial charge in [0, 0.05) is 25.8 Å². The Labute approximate surface area is 158 Å². The van der Waals surface area contributed by atoms with Gasteiger partial charge in [-0.1, -0.05) is 5.16 Å². The van der Waals surface area contributed by atoms with Gasteiger partial charge >= 0.3 is 0 Å². The highest BCUT2D eigenvalue weighted by Crippen LogP contribution is 2.22. The average Bonchev–Trinajstić information content (AvgIpc) is 3.17. The zero-order valence-corrected chi connectivity index (χ0v) is 15.8. The molecule has 1 aromatic carbocycles. The van der Waals surface area contributed by atoms with Crippen LogP contribution in [0.25, 0.3) is 11.4 Å². The largest absolute Gasteiger partial charge is 0.497 e. The molecule has 8 heteroatoms. The molecule has 1 saturated heterocycles. The third-order valence-corrected chi connectivity index (χ3v) is 4.66. The molecule has 3 rings (SSSR count). The van der Waals surface area contributed by atoms with E-state index >= 15 is 0 Å². The van der Waals surface area contributed by atoms with E-state index in [2.05, 4.69) is 20.4 Å². The molecule has 8 nitrogen and oxygen atoms in total. The number of nitrogens with zero attached hydrogens (tertiary/aromatic N) is 3. The SMILES string of the molecule is COCCNC(=O)C1CCCN(Cc2nc(-c3ccc(OC)cc3)no2)C1.